The van der Waals surface area contributed by atoms with Crippen molar-refractivity contribution in [3.05, 3.63) is 0 Å². The predicted molar refractivity (Wildman–Crippen MR) is 69.2 cm³/mol. The first-order chi connectivity index (χ1) is 8.50. The number of carboxylic acids is 1. The Balaban J connectivity index is 2.08. The molecule has 1 fully saturated rings. The molecule has 5 heteroatoms. The number of nitrogens with one attached hydrogen (secondary N) is 2. The number of hydrogen-bond acceptors (Lipinski definition) is 3. The average molecular weight is 256 g/mol. The van der Waals surface area contributed by atoms with Crippen LogP contribution < -0.4 is 10.6 Å². The number of carbonyl (C=O) groups excluding carboxylic acids is 1. The lowest BCUT2D eigenvalue weighted by Gasteiger charge is -2.31. The second kappa shape index (κ2) is 7.36. The van der Waals surface area contributed by atoms with Crippen LogP contribution in [0.25, 0.3) is 0 Å². The summed E-state index contributed by atoms with van der Waals surface area (Å²) < 4.78 is 0. The summed E-state index contributed by atoms with van der Waals surface area (Å²) in [6.45, 7) is 6.50. The fraction of sp³-hybridized carbons (Fsp3) is 0.846. The molecule has 0 radical (unpaired) electrons. The van der Waals surface area contributed by atoms with E-state index < -0.39 is 5.97 Å². The van der Waals surface area contributed by atoms with Gasteiger partial charge in [-0.05, 0) is 37.8 Å². The van der Waals surface area contributed by atoms with Gasteiger partial charge in [-0.25, -0.2) is 0 Å². The van der Waals surface area contributed by atoms with E-state index in [1.165, 1.54) is 0 Å². The van der Waals surface area contributed by atoms with E-state index in [1.54, 1.807) is 0 Å². The zero-order valence-corrected chi connectivity index (χ0v) is 11.2. The molecular formula is C13H24N2O3. The number of rotatable bonds is 8. The van der Waals surface area contributed by atoms with Crippen molar-refractivity contribution in [3.63, 3.8) is 0 Å². The van der Waals surface area contributed by atoms with Gasteiger partial charge in [-0.3, -0.25) is 9.59 Å². The molecule has 0 spiro atoms. The fourth-order valence-corrected chi connectivity index (χ4v) is 2.00. The molecule has 1 amide bonds. The number of carbonyl (C=O) groups is 2. The number of amides is 1. The highest BCUT2D eigenvalue weighted by Gasteiger charge is 2.28. The topological polar surface area (TPSA) is 78.4 Å². The highest BCUT2D eigenvalue weighted by molar-refractivity contribution is 5.78. The summed E-state index contributed by atoms with van der Waals surface area (Å²) in [5.41, 5.74) is 0. The van der Waals surface area contributed by atoms with Crippen LogP contribution in [0.5, 0.6) is 0 Å². The maximum Gasteiger partial charge on any atom is 0.303 e. The first kappa shape index (κ1) is 15.0. The van der Waals surface area contributed by atoms with E-state index in [1.807, 2.05) is 13.8 Å². The first-order valence-corrected chi connectivity index (χ1v) is 6.71. The molecule has 1 heterocycles. The number of aliphatic carboxylic acids is 1. The molecule has 1 aliphatic rings. The van der Waals surface area contributed by atoms with Gasteiger partial charge in [-0.1, -0.05) is 13.8 Å². The molecule has 0 aliphatic carbocycles. The van der Waals surface area contributed by atoms with Crippen molar-refractivity contribution in [2.45, 2.75) is 33.1 Å². The summed E-state index contributed by atoms with van der Waals surface area (Å²) in [6.07, 6.45) is 1.72. The molecule has 2 unspecified atom stereocenters. The Labute approximate surface area is 108 Å². The van der Waals surface area contributed by atoms with Crippen LogP contribution in [0, 0.1) is 17.8 Å². The molecule has 104 valence electrons. The smallest absolute Gasteiger partial charge is 0.303 e. The Hall–Kier alpha value is -1.10. The number of hydrogen-bond donors (Lipinski definition) is 3. The third-order valence-corrected chi connectivity index (χ3v) is 3.72. The fourth-order valence-electron chi connectivity index (χ4n) is 2.00. The molecule has 1 saturated heterocycles. The van der Waals surface area contributed by atoms with Crippen molar-refractivity contribution >= 4 is 11.9 Å². The van der Waals surface area contributed by atoms with Crippen molar-refractivity contribution < 1.29 is 14.7 Å². The summed E-state index contributed by atoms with van der Waals surface area (Å²) in [7, 11) is 0. The van der Waals surface area contributed by atoms with E-state index in [-0.39, 0.29) is 18.2 Å². The Morgan fingerprint density at radius 1 is 1.33 bits per heavy atom. The summed E-state index contributed by atoms with van der Waals surface area (Å²) in [4.78, 5) is 22.2. The van der Waals surface area contributed by atoms with Gasteiger partial charge < -0.3 is 15.7 Å². The lowest BCUT2D eigenvalue weighted by atomic mass is 9.88. The molecule has 0 saturated carbocycles. The largest absolute Gasteiger partial charge is 0.481 e. The second-order valence-corrected chi connectivity index (χ2v) is 5.32. The van der Waals surface area contributed by atoms with Gasteiger partial charge in [0.2, 0.25) is 5.91 Å². The Morgan fingerprint density at radius 3 is 2.50 bits per heavy atom. The monoisotopic (exact) mass is 256 g/mol. The van der Waals surface area contributed by atoms with Crippen LogP contribution in [0.1, 0.15) is 33.1 Å². The van der Waals surface area contributed by atoms with Gasteiger partial charge in [-0.15, -0.1) is 0 Å². The predicted octanol–water partition coefficient (Wildman–Crippen LogP) is 0.849. The molecule has 1 rings (SSSR count). The molecule has 0 aromatic rings. The number of carboxylic acid groups (broad SMARTS) is 1. The summed E-state index contributed by atoms with van der Waals surface area (Å²) in [5.74, 6) is 0.237. The molecule has 2 atom stereocenters. The maximum atomic E-state index is 11.8. The molecule has 0 aromatic carbocycles. The Kier molecular flexibility index (Phi) is 6.12. The van der Waals surface area contributed by atoms with Gasteiger partial charge >= 0.3 is 5.97 Å². The summed E-state index contributed by atoms with van der Waals surface area (Å²) in [6, 6.07) is 0. The Bertz CT molecular complexity index is 290. The van der Waals surface area contributed by atoms with E-state index in [0.29, 0.717) is 24.8 Å². The molecule has 5 nitrogen and oxygen atoms in total. The first-order valence-electron chi connectivity index (χ1n) is 6.71. The standard InChI is InChI=1S/C13H24N2O3/c1-9(3-4-12(16)17)5-6-15-13(18)10(2)11-7-14-8-11/h9-11,14H,3-8H2,1-2H3,(H,15,18)(H,16,17). The van der Waals surface area contributed by atoms with Gasteiger partial charge in [0.05, 0.1) is 0 Å². The van der Waals surface area contributed by atoms with Crippen molar-refractivity contribution in [1.82, 2.24) is 10.6 Å². The van der Waals surface area contributed by atoms with Crippen LogP contribution in [0.2, 0.25) is 0 Å². The third kappa shape index (κ3) is 5.04. The van der Waals surface area contributed by atoms with Crippen LogP contribution in [0.15, 0.2) is 0 Å². The van der Waals surface area contributed by atoms with Gasteiger partial charge in [-0.2, -0.15) is 0 Å². The molecule has 1 aliphatic heterocycles. The minimum atomic E-state index is -0.753. The lowest BCUT2D eigenvalue weighted by Crippen LogP contribution is -2.49. The van der Waals surface area contributed by atoms with Crippen LogP contribution in [-0.2, 0) is 9.59 Å². The van der Waals surface area contributed by atoms with Crippen molar-refractivity contribution in [2.75, 3.05) is 19.6 Å². The van der Waals surface area contributed by atoms with Crippen LogP contribution in [-0.4, -0.2) is 36.6 Å². The lowest BCUT2D eigenvalue weighted by molar-refractivity contribution is -0.137. The minimum Gasteiger partial charge on any atom is -0.481 e. The van der Waals surface area contributed by atoms with E-state index in [0.717, 1.165) is 19.5 Å². The normalized spacial score (nSPS) is 18.8. The van der Waals surface area contributed by atoms with Crippen molar-refractivity contribution in [2.24, 2.45) is 17.8 Å². The van der Waals surface area contributed by atoms with Gasteiger partial charge in [0.1, 0.15) is 0 Å². The quantitative estimate of drug-likeness (QED) is 0.601. The maximum absolute atomic E-state index is 11.8. The van der Waals surface area contributed by atoms with E-state index >= 15 is 0 Å². The molecule has 0 aromatic heterocycles. The summed E-state index contributed by atoms with van der Waals surface area (Å²) >= 11 is 0. The molecule has 0 bridgehead atoms. The highest BCUT2D eigenvalue weighted by atomic mass is 16.4. The van der Waals surface area contributed by atoms with Gasteiger partial charge in [0.15, 0.2) is 0 Å². The van der Waals surface area contributed by atoms with Crippen molar-refractivity contribution in [3.8, 4) is 0 Å². The van der Waals surface area contributed by atoms with E-state index in [2.05, 4.69) is 10.6 Å². The average Bonchev–Trinajstić information content (AvgIpc) is 2.23. The Morgan fingerprint density at radius 2 is 2.00 bits per heavy atom. The minimum absolute atomic E-state index is 0.0700. The van der Waals surface area contributed by atoms with Crippen LogP contribution >= 0.6 is 0 Å². The van der Waals surface area contributed by atoms with E-state index in [9.17, 15) is 9.59 Å². The SMILES string of the molecule is CC(CCNC(=O)C(C)C1CNC1)CCC(=O)O. The third-order valence-electron chi connectivity index (χ3n) is 3.72. The molecule has 18 heavy (non-hydrogen) atoms. The van der Waals surface area contributed by atoms with Gasteiger partial charge in [0, 0.05) is 18.9 Å². The summed E-state index contributed by atoms with van der Waals surface area (Å²) in [5, 5.41) is 14.7. The zero-order chi connectivity index (χ0) is 13.5. The van der Waals surface area contributed by atoms with Crippen molar-refractivity contribution in [1.29, 1.82) is 0 Å². The highest BCUT2D eigenvalue weighted by Crippen LogP contribution is 2.16. The zero-order valence-electron chi connectivity index (χ0n) is 11.2. The van der Waals surface area contributed by atoms with Crippen LogP contribution in [0.4, 0.5) is 0 Å². The van der Waals surface area contributed by atoms with Gasteiger partial charge in [0.25, 0.3) is 0 Å². The molecule has 3 N–H and O–H groups in total. The van der Waals surface area contributed by atoms with E-state index in [4.69, 9.17) is 5.11 Å². The second-order valence-electron chi connectivity index (χ2n) is 5.32. The molecular weight excluding hydrogens is 232 g/mol. The van der Waals surface area contributed by atoms with Crippen LogP contribution in [0.3, 0.4) is 0 Å².